The van der Waals surface area contributed by atoms with Crippen LogP contribution in [-0.2, 0) is 14.3 Å². The first-order chi connectivity index (χ1) is 13.5. The SMILES string of the molecule is CC[C@H](C)[C@H](NC(=O)CSc1nc2ccccc2c(=O)n1C1CC1)C(=O)OC. The number of ether oxygens (including phenoxy) is 1. The summed E-state index contributed by atoms with van der Waals surface area (Å²) in [6, 6.07) is 6.71. The van der Waals surface area contributed by atoms with Gasteiger partial charge >= 0.3 is 5.97 Å². The molecule has 1 heterocycles. The number of rotatable bonds is 8. The quantitative estimate of drug-likeness (QED) is 0.414. The van der Waals surface area contributed by atoms with Gasteiger partial charge in [0.1, 0.15) is 6.04 Å². The van der Waals surface area contributed by atoms with Gasteiger partial charge in [-0.05, 0) is 30.9 Å². The molecule has 1 amide bonds. The zero-order valence-corrected chi connectivity index (χ0v) is 17.1. The van der Waals surface area contributed by atoms with Crippen LogP contribution in [0.3, 0.4) is 0 Å². The summed E-state index contributed by atoms with van der Waals surface area (Å²) in [6.07, 6.45) is 2.62. The van der Waals surface area contributed by atoms with E-state index in [1.807, 2.05) is 26.0 Å². The van der Waals surface area contributed by atoms with Crippen molar-refractivity contribution < 1.29 is 14.3 Å². The number of benzene rings is 1. The van der Waals surface area contributed by atoms with Gasteiger partial charge in [0.25, 0.3) is 5.56 Å². The average Bonchev–Trinajstić information content (AvgIpc) is 3.54. The lowest BCUT2D eigenvalue weighted by molar-refractivity contribution is -0.146. The Labute approximate surface area is 167 Å². The van der Waals surface area contributed by atoms with Gasteiger partial charge in [-0.25, -0.2) is 9.78 Å². The van der Waals surface area contributed by atoms with E-state index in [2.05, 4.69) is 10.3 Å². The van der Waals surface area contributed by atoms with Crippen molar-refractivity contribution >= 4 is 34.5 Å². The van der Waals surface area contributed by atoms with Crippen LogP contribution >= 0.6 is 11.8 Å². The molecule has 0 unspecified atom stereocenters. The highest BCUT2D eigenvalue weighted by Gasteiger charge is 2.30. The fraction of sp³-hybridized carbons (Fsp3) is 0.500. The summed E-state index contributed by atoms with van der Waals surface area (Å²) in [6.45, 7) is 3.85. The van der Waals surface area contributed by atoms with Gasteiger partial charge in [0, 0.05) is 6.04 Å². The number of esters is 1. The van der Waals surface area contributed by atoms with Crippen LogP contribution in [0.2, 0.25) is 0 Å². The summed E-state index contributed by atoms with van der Waals surface area (Å²) in [5, 5.41) is 3.89. The minimum Gasteiger partial charge on any atom is -0.467 e. The van der Waals surface area contributed by atoms with Crippen molar-refractivity contribution in [2.45, 2.75) is 50.4 Å². The molecular formula is C20H25N3O4S. The zero-order valence-electron chi connectivity index (χ0n) is 16.3. The van der Waals surface area contributed by atoms with Crippen LogP contribution in [0.15, 0.2) is 34.2 Å². The molecule has 7 nitrogen and oxygen atoms in total. The summed E-state index contributed by atoms with van der Waals surface area (Å²) < 4.78 is 6.50. The second-order valence-corrected chi connectivity index (χ2v) is 8.00. The third-order valence-corrected chi connectivity index (χ3v) is 5.96. The molecule has 1 aromatic heterocycles. The summed E-state index contributed by atoms with van der Waals surface area (Å²) >= 11 is 1.22. The van der Waals surface area contributed by atoms with Crippen molar-refractivity contribution in [2.24, 2.45) is 5.92 Å². The summed E-state index contributed by atoms with van der Waals surface area (Å²) in [4.78, 5) is 41.9. The molecule has 1 saturated carbocycles. The van der Waals surface area contributed by atoms with Crippen molar-refractivity contribution in [1.82, 2.24) is 14.9 Å². The molecule has 2 aromatic rings. The van der Waals surface area contributed by atoms with Crippen LogP contribution in [0.1, 0.15) is 39.2 Å². The molecule has 1 aromatic carbocycles. The Morgan fingerprint density at radius 2 is 2.07 bits per heavy atom. The lowest BCUT2D eigenvalue weighted by atomic mass is 9.99. The van der Waals surface area contributed by atoms with Crippen molar-refractivity contribution in [3.63, 3.8) is 0 Å². The topological polar surface area (TPSA) is 90.3 Å². The number of fused-ring (bicyclic) bond motifs is 1. The molecule has 8 heteroatoms. The maximum absolute atomic E-state index is 12.9. The number of amides is 1. The molecule has 3 rings (SSSR count). The molecule has 1 fully saturated rings. The third kappa shape index (κ3) is 4.38. The van der Waals surface area contributed by atoms with Gasteiger partial charge in [0.15, 0.2) is 5.16 Å². The van der Waals surface area contributed by atoms with Crippen LogP contribution in [-0.4, -0.2) is 40.3 Å². The van der Waals surface area contributed by atoms with Crippen LogP contribution in [0, 0.1) is 5.92 Å². The van der Waals surface area contributed by atoms with Gasteiger partial charge in [0.2, 0.25) is 5.91 Å². The van der Waals surface area contributed by atoms with Crippen molar-refractivity contribution in [3.8, 4) is 0 Å². The van der Waals surface area contributed by atoms with E-state index in [1.165, 1.54) is 18.9 Å². The van der Waals surface area contributed by atoms with Gasteiger partial charge in [-0.2, -0.15) is 0 Å². The number of methoxy groups -OCH3 is 1. The Kier molecular flexibility index (Phi) is 6.39. The fourth-order valence-electron chi connectivity index (χ4n) is 3.02. The number of para-hydroxylation sites is 1. The Morgan fingerprint density at radius 3 is 2.71 bits per heavy atom. The predicted molar refractivity (Wildman–Crippen MR) is 108 cm³/mol. The van der Waals surface area contributed by atoms with Gasteiger partial charge in [-0.15, -0.1) is 0 Å². The highest BCUT2D eigenvalue weighted by Crippen LogP contribution is 2.36. The highest BCUT2D eigenvalue weighted by molar-refractivity contribution is 7.99. The molecule has 0 radical (unpaired) electrons. The molecule has 0 spiro atoms. The Bertz CT molecular complexity index is 939. The molecular weight excluding hydrogens is 378 g/mol. The molecule has 0 saturated heterocycles. The lowest BCUT2D eigenvalue weighted by Gasteiger charge is -2.21. The van der Waals surface area contributed by atoms with Gasteiger partial charge in [-0.1, -0.05) is 44.2 Å². The number of nitrogens with one attached hydrogen (secondary N) is 1. The molecule has 28 heavy (non-hydrogen) atoms. The highest BCUT2D eigenvalue weighted by atomic mass is 32.2. The molecule has 0 bridgehead atoms. The van der Waals surface area contributed by atoms with Crippen molar-refractivity contribution in [3.05, 3.63) is 34.6 Å². The first-order valence-electron chi connectivity index (χ1n) is 9.47. The zero-order chi connectivity index (χ0) is 20.3. The Balaban J connectivity index is 1.77. The lowest BCUT2D eigenvalue weighted by Crippen LogP contribution is -2.46. The number of carbonyl (C=O) groups is 2. The minimum absolute atomic E-state index is 0.0372. The second-order valence-electron chi connectivity index (χ2n) is 7.06. The van der Waals surface area contributed by atoms with E-state index < -0.39 is 12.0 Å². The molecule has 150 valence electrons. The van der Waals surface area contributed by atoms with Crippen molar-refractivity contribution in [1.29, 1.82) is 0 Å². The van der Waals surface area contributed by atoms with Gasteiger partial charge in [0.05, 0.1) is 23.8 Å². The number of nitrogens with zero attached hydrogens (tertiary/aromatic N) is 2. The van der Waals surface area contributed by atoms with Crippen LogP contribution in [0.5, 0.6) is 0 Å². The Hall–Kier alpha value is -2.35. The molecule has 1 N–H and O–H groups in total. The first-order valence-corrected chi connectivity index (χ1v) is 10.5. The maximum Gasteiger partial charge on any atom is 0.328 e. The van der Waals surface area contributed by atoms with Crippen LogP contribution in [0.25, 0.3) is 10.9 Å². The largest absolute Gasteiger partial charge is 0.467 e. The molecule has 0 aliphatic heterocycles. The Morgan fingerprint density at radius 1 is 1.36 bits per heavy atom. The molecule has 1 aliphatic carbocycles. The monoisotopic (exact) mass is 403 g/mol. The molecule has 2 atom stereocenters. The smallest absolute Gasteiger partial charge is 0.328 e. The average molecular weight is 404 g/mol. The van der Waals surface area contributed by atoms with E-state index in [0.717, 1.165) is 19.3 Å². The van der Waals surface area contributed by atoms with E-state index in [1.54, 1.807) is 16.7 Å². The third-order valence-electron chi connectivity index (χ3n) is 5.00. The van der Waals surface area contributed by atoms with E-state index in [-0.39, 0.29) is 29.2 Å². The normalized spacial score (nSPS) is 15.8. The first kappa shape index (κ1) is 20.4. The second kappa shape index (κ2) is 8.77. The predicted octanol–water partition coefficient (Wildman–Crippen LogP) is 2.53. The summed E-state index contributed by atoms with van der Waals surface area (Å²) in [7, 11) is 1.31. The number of aromatic nitrogens is 2. The van der Waals surface area contributed by atoms with E-state index in [0.29, 0.717) is 16.1 Å². The summed E-state index contributed by atoms with van der Waals surface area (Å²) in [5.41, 5.74) is 0.558. The van der Waals surface area contributed by atoms with Crippen LogP contribution < -0.4 is 10.9 Å². The molecule has 1 aliphatic rings. The van der Waals surface area contributed by atoms with Gasteiger partial charge in [-0.3, -0.25) is 14.2 Å². The van der Waals surface area contributed by atoms with Crippen molar-refractivity contribution in [2.75, 3.05) is 12.9 Å². The van der Waals surface area contributed by atoms with Gasteiger partial charge < -0.3 is 10.1 Å². The number of hydrogen-bond acceptors (Lipinski definition) is 6. The van der Waals surface area contributed by atoms with E-state index in [9.17, 15) is 14.4 Å². The maximum atomic E-state index is 12.9. The van der Waals surface area contributed by atoms with E-state index in [4.69, 9.17) is 4.74 Å². The number of thioether (sulfide) groups is 1. The fourth-order valence-corrected chi connectivity index (χ4v) is 3.90. The number of carbonyl (C=O) groups excluding carboxylic acids is 2. The minimum atomic E-state index is -0.682. The van der Waals surface area contributed by atoms with Crippen LogP contribution in [0.4, 0.5) is 0 Å². The summed E-state index contributed by atoms with van der Waals surface area (Å²) in [5.74, 6) is -0.705. The number of hydrogen-bond donors (Lipinski definition) is 1. The van der Waals surface area contributed by atoms with E-state index >= 15 is 0 Å². The standard InChI is InChI=1S/C20H25N3O4S/c1-4-12(2)17(19(26)27-3)22-16(24)11-28-20-21-15-8-6-5-7-14(15)18(25)23(20)13-9-10-13/h5-8,12-13,17H,4,9-11H2,1-3H3,(H,22,24)/t12-,17-/m0/s1.